The molecule has 6 nitrogen and oxygen atoms in total. The third-order valence-electron chi connectivity index (χ3n) is 3.61. The lowest BCUT2D eigenvalue weighted by molar-refractivity contribution is -0.116. The van der Waals surface area contributed by atoms with Gasteiger partial charge < -0.3 is 10.1 Å². The number of sulfone groups is 1. The average molecular weight is 390 g/mol. The van der Waals surface area contributed by atoms with Crippen molar-refractivity contribution in [2.75, 3.05) is 18.2 Å². The molecule has 1 amide bonds. The van der Waals surface area contributed by atoms with E-state index < -0.39 is 9.84 Å². The number of thiazole rings is 1. The van der Waals surface area contributed by atoms with E-state index in [2.05, 4.69) is 10.3 Å². The van der Waals surface area contributed by atoms with Crippen molar-refractivity contribution in [2.24, 2.45) is 0 Å². The van der Waals surface area contributed by atoms with E-state index in [4.69, 9.17) is 4.74 Å². The Morgan fingerprint density at radius 1 is 1.15 bits per heavy atom. The highest BCUT2D eigenvalue weighted by atomic mass is 32.2. The van der Waals surface area contributed by atoms with Gasteiger partial charge in [-0.3, -0.25) is 4.79 Å². The summed E-state index contributed by atoms with van der Waals surface area (Å²) in [6.45, 7) is 0.367. The molecule has 0 radical (unpaired) electrons. The Labute approximate surface area is 155 Å². The van der Waals surface area contributed by atoms with Gasteiger partial charge in [-0.1, -0.05) is 23.5 Å². The van der Waals surface area contributed by atoms with Crippen molar-refractivity contribution in [1.82, 2.24) is 4.98 Å². The van der Waals surface area contributed by atoms with Crippen LogP contribution in [-0.4, -0.2) is 32.2 Å². The van der Waals surface area contributed by atoms with Crippen LogP contribution in [0.15, 0.2) is 53.4 Å². The number of benzene rings is 2. The van der Waals surface area contributed by atoms with Gasteiger partial charge in [0, 0.05) is 12.7 Å². The molecule has 2 aromatic carbocycles. The topological polar surface area (TPSA) is 85.4 Å². The Morgan fingerprint density at radius 3 is 2.58 bits per heavy atom. The summed E-state index contributed by atoms with van der Waals surface area (Å²) in [6, 6.07) is 13.9. The first-order chi connectivity index (χ1) is 12.4. The number of amides is 1. The van der Waals surface area contributed by atoms with Gasteiger partial charge in [0.15, 0.2) is 15.0 Å². The third-order valence-corrected chi connectivity index (χ3v) is 5.69. The summed E-state index contributed by atoms with van der Waals surface area (Å²) in [5.41, 5.74) is 0.869. The number of carbonyl (C=O) groups is 1. The molecule has 0 fully saturated rings. The van der Waals surface area contributed by atoms with Crippen LogP contribution < -0.4 is 10.1 Å². The highest BCUT2D eigenvalue weighted by molar-refractivity contribution is 7.90. The predicted octanol–water partition coefficient (Wildman–Crippen LogP) is 3.50. The van der Waals surface area contributed by atoms with E-state index in [1.165, 1.54) is 23.5 Å². The number of nitrogens with zero attached hydrogens (tertiary/aromatic N) is 1. The number of hydrogen-bond acceptors (Lipinski definition) is 6. The molecule has 1 N–H and O–H groups in total. The van der Waals surface area contributed by atoms with E-state index in [1.807, 2.05) is 24.3 Å². The lowest BCUT2D eigenvalue weighted by Crippen LogP contribution is -2.12. The Balaban J connectivity index is 1.43. The number of anilines is 1. The molecule has 0 aliphatic heterocycles. The predicted molar refractivity (Wildman–Crippen MR) is 103 cm³/mol. The van der Waals surface area contributed by atoms with Gasteiger partial charge in [0.1, 0.15) is 5.75 Å². The Hall–Kier alpha value is -2.45. The lowest BCUT2D eigenvalue weighted by atomic mass is 10.3. The van der Waals surface area contributed by atoms with E-state index in [-0.39, 0.29) is 10.8 Å². The second-order valence-corrected chi connectivity index (χ2v) is 8.78. The summed E-state index contributed by atoms with van der Waals surface area (Å²) in [6.07, 6.45) is 2.02. The molecule has 1 aromatic heterocycles. The van der Waals surface area contributed by atoms with Gasteiger partial charge in [-0.05, 0) is 42.8 Å². The fraction of sp³-hybridized carbons (Fsp3) is 0.222. The summed E-state index contributed by atoms with van der Waals surface area (Å²) in [5, 5.41) is 3.39. The van der Waals surface area contributed by atoms with Gasteiger partial charge in [0.2, 0.25) is 5.91 Å². The van der Waals surface area contributed by atoms with Crippen molar-refractivity contribution >= 4 is 42.4 Å². The molecule has 0 saturated heterocycles. The smallest absolute Gasteiger partial charge is 0.226 e. The van der Waals surface area contributed by atoms with Crippen LogP contribution in [0.25, 0.3) is 10.2 Å². The molecule has 136 valence electrons. The van der Waals surface area contributed by atoms with Crippen LogP contribution in [0.3, 0.4) is 0 Å². The first-order valence-corrected chi connectivity index (χ1v) is 10.7. The Kier molecular flexibility index (Phi) is 5.53. The number of para-hydroxylation sites is 1. The minimum absolute atomic E-state index is 0.111. The van der Waals surface area contributed by atoms with E-state index in [1.54, 1.807) is 12.1 Å². The van der Waals surface area contributed by atoms with Crippen LogP contribution in [0.5, 0.6) is 5.75 Å². The largest absolute Gasteiger partial charge is 0.494 e. The van der Waals surface area contributed by atoms with Crippen LogP contribution in [0.1, 0.15) is 12.8 Å². The van der Waals surface area contributed by atoms with Crippen molar-refractivity contribution in [3.63, 3.8) is 0 Å². The summed E-state index contributed by atoms with van der Waals surface area (Å²) in [7, 11) is -3.21. The zero-order valence-electron chi connectivity index (χ0n) is 14.1. The van der Waals surface area contributed by atoms with Crippen LogP contribution in [0.2, 0.25) is 0 Å². The molecule has 0 atom stereocenters. The monoisotopic (exact) mass is 390 g/mol. The molecule has 3 aromatic rings. The molecule has 1 heterocycles. The SMILES string of the molecule is CS(=O)(=O)c1ccc(OCCCC(=O)Nc2nc3ccccc3s2)cc1. The quantitative estimate of drug-likeness (QED) is 0.624. The molecule has 0 spiro atoms. The zero-order chi connectivity index (χ0) is 18.6. The first kappa shape index (κ1) is 18.3. The first-order valence-electron chi connectivity index (χ1n) is 8.00. The molecular weight excluding hydrogens is 372 g/mol. The van der Waals surface area contributed by atoms with Crippen LogP contribution in [0, 0.1) is 0 Å². The van der Waals surface area contributed by atoms with E-state index in [0.29, 0.717) is 30.3 Å². The fourth-order valence-corrected chi connectivity index (χ4v) is 3.83. The molecule has 0 bridgehead atoms. The minimum atomic E-state index is -3.21. The number of hydrogen-bond donors (Lipinski definition) is 1. The molecule has 8 heteroatoms. The van der Waals surface area contributed by atoms with Gasteiger partial charge in [0.25, 0.3) is 0 Å². The maximum absolute atomic E-state index is 12.0. The number of nitrogens with one attached hydrogen (secondary N) is 1. The second-order valence-electron chi connectivity index (χ2n) is 5.73. The fourth-order valence-electron chi connectivity index (χ4n) is 2.31. The van der Waals surface area contributed by atoms with E-state index >= 15 is 0 Å². The Bertz CT molecular complexity index is 978. The molecule has 0 aliphatic carbocycles. The van der Waals surface area contributed by atoms with Crippen molar-refractivity contribution in [2.45, 2.75) is 17.7 Å². The summed E-state index contributed by atoms with van der Waals surface area (Å²) in [5.74, 6) is 0.462. The van der Waals surface area contributed by atoms with Gasteiger partial charge >= 0.3 is 0 Å². The number of carbonyl (C=O) groups excluding carboxylic acids is 1. The van der Waals surface area contributed by atoms with Crippen LogP contribution in [0.4, 0.5) is 5.13 Å². The van der Waals surface area contributed by atoms with Crippen molar-refractivity contribution in [3.05, 3.63) is 48.5 Å². The Morgan fingerprint density at radius 2 is 1.88 bits per heavy atom. The van der Waals surface area contributed by atoms with Gasteiger partial charge in [-0.25, -0.2) is 13.4 Å². The summed E-state index contributed by atoms with van der Waals surface area (Å²) in [4.78, 5) is 16.6. The zero-order valence-corrected chi connectivity index (χ0v) is 15.8. The standard InChI is InChI=1S/C18H18N2O4S2/c1-26(22,23)14-10-8-13(9-11-14)24-12-4-7-17(21)20-18-19-15-5-2-3-6-16(15)25-18/h2-3,5-6,8-11H,4,7,12H2,1H3,(H,19,20,21). The van der Waals surface area contributed by atoms with Gasteiger partial charge in [-0.2, -0.15) is 0 Å². The van der Waals surface area contributed by atoms with Crippen molar-refractivity contribution < 1.29 is 17.9 Å². The third kappa shape index (κ3) is 4.80. The summed E-state index contributed by atoms with van der Waals surface area (Å²) >= 11 is 1.44. The molecule has 26 heavy (non-hydrogen) atoms. The van der Waals surface area contributed by atoms with Crippen LogP contribution >= 0.6 is 11.3 Å². The molecule has 0 unspecified atom stereocenters. The average Bonchev–Trinajstić information content (AvgIpc) is 3.00. The number of aromatic nitrogens is 1. The normalized spacial score (nSPS) is 11.4. The number of ether oxygens (including phenoxy) is 1. The maximum atomic E-state index is 12.0. The molecule has 0 saturated carbocycles. The maximum Gasteiger partial charge on any atom is 0.226 e. The minimum Gasteiger partial charge on any atom is -0.494 e. The van der Waals surface area contributed by atoms with Gasteiger partial charge in [-0.15, -0.1) is 0 Å². The van der Waals surface area contributed by atoms with Crippen LogP contribution in [-0.2, 0) is 14.6 Å². The van der Waals surface area contributed by atoms with Crippen molar-refractivity contribution in [3.8, 4) is 5.75 Å². The highest BCUT2D eigenvalue weighted by Gasteiger charge is 2.08. The lowest BCUT2D eigenvalue weighted by Gasteiger charge is -2.06. The van der Waals surface area contributed by atoms with E-state index in [0.717, 1.165) is 16.5 Å². The number of fused-ring (bicyclic) bond motifs is 1. The molecular formula is C18H18N2O4S2. The highest BCUT2D eigenvalue weighted by Crippen LogP contribution is 2.25. The molecule has 3 rings (SSSR count). The second kappa shape index (κ2) is 7.84. The van der Waals surface area contributed by atoms with Gasteiger partial charge in [0.05, 0.1) is 21.7 Å². The number of rotatable bonds is 7. The van der Waals surface area contributed by atoms with E-state index in [9.17, 15) is 13.2 Å². The van der Waals surface area contributed by atoms with Crippen molar-refractivity contribution in [1.29, 1.82) is 0 Å². The molecule has 0 aliphatic rings. The summed E-state index contributed by atoms with van der Waals surface area (Å²) < 4.78 is 29.4.